The third-order valence-corrected chi connectivity index (χ3v) is 8.39. The molecule has 1 aromatic rings. The SMILES string of the molecule is COCCN1CC(C(=O)N2CCN(C(=O)C3CCCCC3)CC2)C2NN(c3ccccc3)C(=O)C2C1. The number of likely N-dealkylation sites (tertiary alicyclic amines) is 1. The number of amides is 3. The van der Waals surface area contributed by atoms with Crippen LogP contribution in [0, 0.1) is 17.8 Å². The first kappa shape index (κ1) is 25.2. The summed E-state index contributed by atoms with van der Waals surface area (Å²) in [6.45, 7) is 4.74. The molecule has 4 fully saturated rings. The molecule has 3 heterocycles. The number of piperidine rings is 1. The van der Waals surface area contributed by atoms with E-state index >= 15 is 0 Å². The fraction of sp³-hybridized carbons (Fsp3) is 0.667. The number of hydrazine groups is 1. The molecule has 3 unspecified atom stereocenters. The van der Waals surface area contributed by atoms with Gasteiger partial charge in [-0.1, -0.05) is 37.5 Å². The molecule has 4 aliphatic rings. The van der Waals surface area contributed by atoms with Crippen LogP contribution in [0.3, 0.4) is 0 Å². The van der Waals surface area contributed by atoms with Gasteiger partial charge in [0.1, 0.15) is 0 Å². The number of rotatable bonds is 6. The van der Waals surface area contributed by atoms with Crippen molar-refractivity contribution in [1.82, 2.24) is 20.1 Å². The first-order valence-electron chi connectivity index (χ1n) is 13.5. The zero-order valence-corrected chi connectivity index (χ0v) is 21.3. The Morgan fingerprint density at radius 3 is 2.28 bits per heavy atom. The lowest BCUT2D eigenvalue weighted by molar-refractivity contribution is -0.147. The van der Waals surface area contributed by atoms with Crippen molar-refractivity contribution in [3.05, 3.63) is 30.3 Å². The van der Waals surface area contributed by atoms with Crippen LogP contribution in [0.4, 0.5) is 5.69 Å². The van der Waals surface area contributed by atoms with E-state index in [0.29, 0.717) is 52.4 Å². The van der Waals surface area contributed by atoms with E-state index in [0.717, 1.165) is 31.4 Å². The molecule has 1 saturated carbocycles. The van der Waals surface area contributed by atoms with E-state index in [2.05, 4.69) is 10.3 Å². The second-order valence-corrected chi connectivity index (χ2v) is 10.6. The molecule has 1 aliphatic carbocycles. The predicted molar refractivity (Wildman–Crippen MR) is 136 cm³/mol. The number of nitrogens with zero attached hydrogens (tertiary/aromatic N) is 4. The average molecular weight is 498 g/mol. The Hall–Kier alpha value is -2.49. The van der Waals surface area contributed by atoms with Crippen LogP contribution in [0.2, 0.25) is 0 Å². The monoisotopic (exact) mass is 497 g/mol. The van der Waals surface area contributed by atoms with Crippen molar-refractivity contribution >= 4 is 23.4 Å². The van der Waals surface area contributed by atoms with Gasteiger partial charge in [0.25, 0.3) is 0 Å². The molecule has 0 bridgehead atoms. The molecule has 0 aromatic heterocycles. The third kappa shape index (κ3) is 5.14. The lowest BCUT2D eigenvalue weighted by Gasteiger charge is -2.42. The van der Waals surface area contributed by atoms with Crippen LogP contribution in [0.15, 0.2) is 30.3 Å². The Labute approximate surface area is 213 Å². The first-order valence-corrected chi connectivity index (χ1v) is 13.5. The van der Waals surface area contributed by atoms with Crippen LogP contribution in [-0.2, 0) is 19.1 Å². The topological polar surface area (TPSA) is 85.4 Å². The van der Waals surface area contributed by atoms with Gasteiger partial charge in [-0.15, -0.1) is 0 Å². The van der Waals surface area contributed by atoms with Crippen molar-refractivity contribution in [3.8, 4) is 0 Å². The molecule has 196 valence electrons. The molecule has 3 amide bonds. The highest BCUT2D eigenvalue weighted by Gasteiger charge is 2.51. The van der Waals surface area contributed by atoms with Crippen molar-refractivity contribution in [2.75, 3.05) is 64.5 Å². The second kappa shape index (κ2) is 11.3. The van der Waals surface area contributed by atoms with E-state index < -0.39 is 0 Å². The molecule has 0 spiro atoms. The standard InChI is InChI=1S/C27H39N5O4/c1-36-17-16-29-18-22(24-23(19-29)27(35)32(28-24)21-10-6-3-7-11-21)26(34)31-14-12-30(13-15-31)25(33)20-8-4-2-5-9-20/h3,6-7,10-11,20,22-24,28H,2,4-5,8-9,12-19H2,1H3. The summed E-state index contributed by atoms with van der Waals surface area (Å²) in [4.78, 5) is 46.3. The lowest BCUT2D eigenvalue weighted by atomic mass is 9.83. The molecule has 3 atom stereocenters. The Kier molecular flexibility index (Phi) is 7.88. The number of benzene rings is 1. The Balaban J connectivity index is 1.27. The van der Waals surface area contributed by atoms with Gasteiger partial charge in [-0.05, 0) is 25.0 Å². The summed E-state index contributed by atoms with van der Waals surface area (Å²) in [7, 11) is 1.67. The third-order valence-electron chi connectivity index (χ3n) is 8.39. The number of para-hydroxylation sites is 1. The van der Waals surface area contributed by atoms with Crippen molar-refractivity contribution < 1.29 is 19.1 Å². The average Bonchev–Trinajstić information content (AvgIpc) is 3.28. The minimum absolute atomic E-state index is 0.00835. The maximum atomic E-state index is 13.8. The molecule has 5 rings (SSSR count). The van der Waals surface area contributed by atoms with Crippen molar-refractivity contribution in [2.24, 2.45) is 17.8 Å². The molecule has 36 heavy (non-hydrogen) atoms. The summed E-state index contributed by atoms with van der Waals surface area (Å²) in [6.07, 6.45) is 5.51. The summed E-state index contributed by atoms with van der Waals surface area (Å²) in [5, 5.41) is 1.62. The van der Waals surface area contributed by atoms with Gasteiger partial charge in [-0.25, -0.2) is 10.4 Å². The number of hydrogen-bond donors (Lipinski definition) is 1. The quantitative estimate of drug-likeness (QED) is 0.639. The highest BCUT2D eigenvalue weighted by Crippen LogP contribution is 2.33. The first-order chi connectivity index (χ1) is 17.6. The highest BCUT2D eigenvalue weighted by molar-refractivity contribution is 5.98. The number of fused-ring (bicyclic) bond motifs is 1. The van der Waals surface area contributed by atoms with Gasteiger partial charge in [0, 0.05) is 58.8 Å². The molecule has 9 heteroatoms. The zero-order chi connectivity index (χ0) is 25.1. The van der Waals surface area contributed by atoms with E-state index in [1.807, 2.05) is 40.1 Å². The van der Waals surface area contributed by atoms with Crippen LogP contribution >= 0.6 is 0 Å². The van der Waals surface area contributed by atoms with Gasteiger partial charge in [0.2, 0.25) is 17.7 Å². The van der Waals surface area contributed by atoms with Crippen LogP contribution in [-0.4, -0.2) is 98.0 Å². The van der Waals surface area contributed by atoms with E-state index in [4.69, 9.17) is 4.74 Å². The molecule has 3 saturated heterocycles. The number of anilines is 1. The van der Waals surface area contributed by atoms with E-state index in [1.165, 1.54) is 6.42 Å². The maximum Gasteiger partial charge on any atom is 0.247 e. The summed E-state index contributed by atoms with van der Waals surface area (Å²) in [5.41, 5.74) is 4.18. The number of nitrogens with one attached hydrogen (secondary N) is 1. The van der Waals surface area contributed by atoms with Crippen molar-refractivity contribution in [1.29, 1.82) is 0 Å². The number of methoxy groups -OCH3 is 1. The van der Waals surface area contributed by atoms with E-state index in [-0.39, 0.29) is 41.5 Å². The fourth-order valence-corrected chi connectivity index (χ4v) is 6.33. The number of carbonyl (C=O) groups excluding carboxylic acids is 3. The molecular formula is C27H39N5O4. The van der Waals surface area contributed by atoms with Crippen LogP contribution < -0.4 is 10.4 Å². The van der Waals surface area contributed by atoms with Crippen molar-refractivity contribution in [3.63, 3.8) is 0 Å². The largest absolute Gasteiger partial charge is 0.383 e. The Morgan fingerprint density at radius 2 is 1.61 bits per heavy atom. The Morgan fingerprint density at radius 1 is 0.944 bits per heavy atom. The number of ether oxygens (including phenoxy) is 1. The summed E-state index contributed by atoms with van der Waals surface area (Å²) in [6, 6.07) is 9.32. The number of piperazine rings is 1. The minimum Gasteiger partial charge on any atom is -0.383 e. The van der Waals surface area contributed by atoms with E-state index in [1.54, 1.807) is 12.1 Å². The molecule has 3 aliphatic heterocycles. The summed E-state index contributed by atoms with van der Waals surface area (Å²) in [5.74, 6) is -0.113. The Bertz CT molecular complexity index is 929. The van der Waals surface area contributed by atoms with Gasteiger partial charge < -0.3 is 14.5 Å². The van der Waals surface area contributed by atoms with Gasteiger partial charge in [-0.2, -0.15) is 0 Å². The maximum absolute atomic E-state index is 13.8. The van der Waals surface area contributed by atoms with Crippen LogP contribution in [0.1, 0.15) is 32.1 Å². The highest BCUT2D eigenvalue weighted by atomic mass is 16.5. The fourth-order valence-electron chi connectivity index (χ4n) is 6.33. The lowest BCUT2D eigenvalue weighted by Crippen LogP contribution is -2.60. The molecule has 1 N–H and O–H groups in total. The van der Waals surface area contributed by atoms with Crippen LogP contribution in [0.5, 0.6) is 0 Å². The molecule has 9 nitrogen and oxygen atoms in total. The number of carbonyl (C=O) groups is 3. The summed E-state index contributed by atoms with van der Waals surface area (Å²) >= 11 is 0. The summed E-state index contributed by atoms with van der Waals surface area (Å²) < 4.78 is 5.28. The molecular weight excluding hydrogens is 458 g/mol. The molecule has 1 aromatic carbocycles. The van der Waals surface area contributed by atoms with E-state index in [9.17, 15) is 14.4 Å². The zero-order valence-electron chi connectivity index (χ0n) is 21.3. The van der Waals surface area contributed by atoms with Gasteiger partial charge in [0.15, 0.2) is 0 Å². The smallest absolute Gasteiger partial charge is 0.247 e. The van der Waals surface area contributed by atoms with Gasteiger partial charge in [-0.3, -0.25) is 19.3 Å². The minimum atomic E-state index is -0.334. The van der Waals surface area contributed by atoms with Crippen molar-refractivity contribution in [2.45, 2.75) is 38.1 Å². The van der Waals surface area contributed by atoms with Crippen LogP contribution in [0.25, 0.3) is 0 Å². The normalized spacial score (nSPS) is 27.9. The number of hydrogen-bond acceptors (Lipinski definition) is 6. The van der Waals surface area contributed by atoms with Gasteiger partial charge >= 0.3 is 0 Å². The van der Waals surface area contributed by atoms with Gasteiger partial charge in [0.05, 0.1) is 30.2 Å². The molecule has 0 radical (unpaired) electrons. The second-order valence-electron chi connectivity index (χ2n) is 10.6. The predicted octanol–water partition coefficient (Wildman–Crippen LogP) is 1.35.